The summed E-state index contributed by atoms with van der Waals surface area (Å²) < 4.78 is 0. The molecule has 0 aliphatic heterocycles. The van der Waals surface area contributed by atoms with Crippen LogP contribution in [0.25, 0.3) is 0 Å². The van der Waals surface area contributed by atoms with Crippen molar-refractivity contribution < 1.29 is 9.90 Å². The van der Waals surface area contributed by atoms with Crippen LogP contribution >= 0.6 is 27.5 Å². The molecule has 0 spiro atoms. The van der Waals surface area contributed by atoms with Crippen LogP contribution in [0.4, 0.5) is 0 Å². The number of carbonyl (C=O) groups is 1. The van der Waals surface area contributed by atoms with Gasteiger partial charge in [-0.2, -0.15) is 0 Å². The van der Waals surface area contributed by atoms with Gasteiger partial charge in [0.25, 0.3) is 0 Å². The zero-order valence-electron chi connectivity index (χ0n) is 8.12. The van der Waals surface area contributed by atoms with Crippen molar-refractivity contribution in [1.82, 2.24) is 0 Å². The fraction of sp³-hybridized carbons (Fsp3) is 0.364. The third-order valence-corrected chi connectivity index (χ3v) is 3.01. The number of hydrogen-bond acceptors (Lipinski definition) is 1. The maximum absolute atomic E-state index is 11.0. The Morgan fingerprint density at radius 1 is 1.40 bits per heavy atom. The van der Waals surface area contributed by atoms with Crippen LogP contribution in [0.5, 0.6) is 0 Å². The monoisotopic (exact) mass is 290 g/mol. The van der Waals surface area contributed by atoms with Crippen molar-refractivity contribution in [3.05, 3.63) is 34.9 Å². The SMILES string of the molecule is O=C(O)[C@@H](CCCBr)c1ccc(Cl)cc1. The van der Waals surface area contributed by atoms with Gasteiger partial charge in [-0.1, -0.05) is 39.7 Å². The van der Waals surface area contributed by atoms with Crippen LogP contribution in [0.1, 0.15) is 24.3 Å². The number of halogens is 2. The Hall–Kier alpha value is -0.540. The van der Waals surface area contributed by atoms with Gasteiger partial charge in [0, 0.05) is 10.4 Å². The lowest BCUT2D eigenvalue weighted by Gasteiger charge is -2.11. The predicted octanol–water partition coefficient (Wildman–Crippen LogP) is 3.68. The van der Waals surface area contributed by atoms with Gasteiger partial charge >= 0.3 is 5.97 Å². The fourth-order valence-corrected chi connectivity index (χ4v) is 1.86. The molecule has 0 aliphatic carbocycles. The first kappa shape index (κ1) is 12.5. The molecule has 0 fully saturated rings. The van der Waals surface area contributed by atoms with E-state index in [2.05, 4.69) is 15.9 Å². The second kappa shape index (κ2) is 6.13. The third kappa shape index (κ3) is 3.84. The second-order valence-corrected chi connectivity index (χ2v) is 4.50. The molecule has 0 aliphatic rings. The number of hydrogen-bond donors (Lipinski definition) is 1. The first-order valence-corrected chi connectivity index (χ1v) is 6.19. The van der Waals surface area contributed by atoms with Crippen LogP contribution in [-0.4, -0.2) is 16.4 Å². The van der Waals surface area contributed by atoms with Crippen molar-refractivity contribution in [2.45, 2.75) is 18.8 Å². The maximum Gasteiger partial charge on any atom is 0.310 e. The summed E-state index contributed by atoms with van der Waals surface area (Å²) in [4.78, 5) is 11.0. The van der Waals surface area contributed by atoms with Crippen LogP contribution in [-0.2, 0) is 4.79 Å². The molecule has 0 radical (unpaired) electrons. The Morgan fingerprint density at radius 2 is 2.00 bits per heavy atom. The van der Waals surface area contributed by atoms with Gasteiger partial charge in [0.2, 0.25) is 0 Å². The van der Waals surface area contributed by atoms with E-state index < -0.39 is 11.9 Å². The molecule has 1 aromatic carbocycles. The van der Waals surface area contributed by atoms with Crippen LogP contribution in [0.2, 0.25) is 5.02 Å². The average molecular weight is 292 g/mol. The van der Waals surface area contributed by atoms with Gasteiger partial charge in [-0.05, 0) is 30.5 Å². The molecule has 4 heteroatoms. The van der Waals surface area contributed by atoms with E-state index >= 15 is 0 Å². The summed E-state index contributed by atoms with van der Waals surface area (Å²) in [6.07, 6.45) is 1.49. The Bertz CT molecular complexity index is 324. The number of rotatable bonds is 5. The fourth-order valence-electron chi connectivity index (χ4n) is 1.41. The summed E-state index contributed by atoms with van der Waals surface area (Å²) in [5, 5.41) is 10.5. The standard InChI is InChI=1S/C11H12BrClO2/c12-7-1-2-10(11(14)15)8-3-5-9(13)6-4-8/h3-6,10H,1-2,7H2,(H,14,15)/t10-/m0/s1. The van der Waals surface area contributed by atoms with Crippen LogP contribution in [0, 0.1) is 0 Å². The van der Waals surface area contributed by atoms with Crippen molar-refractivity contribution in [2.24, 2.45) is 0 Å². The lowest BCUT2D eigenvalue weighted by atomic mass is 9.95. The normalized spacial score (nSPS) is 12.4. The molecule has 1 aromatic rings. The number of carboxylic acids is 1. The molecule has 0 amide bonds. The minimum absolute atomic E-state index is 0.431. The highest BCUT2D eigenvalue weighted by atomic mass is 79.9. The molecule has 1 N–H and O–H groups in total. The zero-order valence-corrected chi connectivity index (χ0v) is 10.5. The Balaban J connectivity index is 2.79. The highest BCUT2D eigenvalue weighted by Gasteiger charge is 2.18. The largest absolute Gasteiger partial charge is 0.481 e. The quantitative estimate of drug-likeness (QED) is 0.840. The summed E-state index contributed by atoms with van der Waals surface area (Å²) in [7, 11) is 0. The van der Waals surface area contributed by atoms with E-state index in [1.54, 1.807) is 24.3 Å². The summed E-state index contributed by atoms with van der Waals surface area (Å²) >= 11 is 9.04. The van der Waals surface area contributed by atoms with Crippen molar-refractivity contribution >= 4 is 33.5 Å². The second-order valence-electron chi connectivity index (χ2n) is 3.27. The lowest BCUT2D eigenvalue weighted by Crippen LogP contribution is -2.11. The predicted molar refractivity (Wildman–Crippen MR) is 64.9 cm³/mol. The number of alkyl halides is 1. The van der Waals surface area contributed by atoms with E-state index in [9.17, 15) is 4.79 Å². The van der Waals surface area contributed by atoms with E-state index in [-0.39, 0.29) is 0 Å². The number of aliphatic carboxylic acids is 1. The van der Waals surface area contributed by atoms with Crippen LogP contribution < -0.4 is 0 Å². The van der Waals surface area contributed by atoms with E-state index in [4.69, 9.17) is 16.7 Å². The smallest absolute Gasteiger partial charge is 0.310 e. The van der Waals surface area contributed by atoms with Gasteiger partial charge in [0.15, 0.2) is 0 Å². The van der Waals surface area contributed by atoms with Crippen LogP contribution in [0.15, 0.2) is 24.3 Å². The maximum atomic E-state index is 11.0. The molecule has 0 saturated carbocycles. The number of benzene rings is 1. The van der Waals surface area contributed by atoms with E-state index in [1.165, 1.54) is 0 Å². The molecule has 1 rings (SSSR count). The molecule has 0 bridgehead atoms. The summed E-state index contributed by atoms with van der Waals surface area (Å²) in [5.41, 5.74) is 0.813. The molecule has 0 saturated heterocycles. The van der Waals surface area contributed by atoms with E-state index in [1.807, 2.05) is 0 Å². The molecular weight excluding hydrogens is 279 g/mol. The Kier molecular flexibility index (Phi) is 5.12. The van der Waals surface area contributed by atoms with Gasteiger partial charge < -0.3 is 5.11 Å². The molecular formula is C11H12BrClO2. The zero-order chi connectivity index (χ0) is 11.3. The van der Waals surface area contributed by atoms with Gasteiger partial charge in [0.1, 0.15) is 0 Å². The highest BCUT2D eigenvalue weighted by Crippen LogP contribution is 2.23. The summed E-state index contributed by atoms with van der Waals surface area (Å²) in [6.45, 7) is 0. The molecule has 0 aromatic heterocycles. The minimum Gasteiger partial charge on any atom is -0.481 e. The molecule has 0 unspecified atom stereocenters. The Labute approximate surface area is 102 Å². The van der Waals surface area contributed by atoms with Crippen LogP contribution in [0.3, 0.4) is 0 Å². The van der Waals surface area contributed by atoms with Crippen molar-refractivity contribution in [3.63, 3.8) is 0 Å². The Morgan fingerprint density at radius 3 is 2.47 bits per heavy atom. The lowest BCUT2D eigenvalue weighted by molar-refractivity contribution is -0.139. The molecule has 2 nitrogen and oxygen atoms in total. The van der Waals surface area contributed by atoms with E-state index in [0.717, 1.165) is 17.3 Å². The number of carboxylic acid groups (broad SMARTS) is 1. The first-order chi connectivity index (χ1) is 7.15. The van der Waals surface area contributed by atoms with Crippen molar-refractivity contribution in [1.29, 1.82) is 0 Å². The van der Waals surface area contributed by atoms with E-state index in [0.29, 0.717) is 11.4 Å². The van der Waals surface area contributed by atoms with Crippen molar-refractivity contribution in [3.8, 4) is 0 Å². The molecule has 82 valence electrons. The summed E-state index contributed by atoms with van der Waals surface area (Å²) in [6, 6.07) is 6.99. The van der Waals surface area contributed by atoms with Gasteiger partial charge in [-0.3, -0.25) is 4.79 Å². The third-order valence-electron chi connectivity index (χ3n) is 2.20. The highest BCUT2D eigenvalue weighted by molar-refractivity contribution is 9.09. The topological polar surface area (TPSA) is 37.3 Å². The first-order valence-electron chi connectivity index (χ1n) is 4.69. The van der Waals surface area contributed by atoms with Gasteiger partial charge in [-0.15, -0.1) is 0 Å². The van der Waals surface area contributed by atoms with Gasteiger partial charge in [-0.25, -0.2) is 0 Å². The van der Waals surface area contributed by atoms with Crippen molar-refractivity contribution in [2.75, 3.05) is 5.33 Å². The summed E-state index contributed by atoms with van der Waals surface area (Å²) in [5.74, 6) is -1.21. The molecule has 15 heavy (non-hydrogen) atoms. The molecule has 1 atom stereocenters. The molecule has 0 heterocycles. The minimum atomic E-state index is -0.779. The average Bonchev–Trinajstić information content (AvgIpc) is 2.21. The van der Waals surface area contributed by atoms with Gasteiger partial charge in [0.05, 0.1) is 5.92 Å².